The lowest BCUT2D eigenvalue weighted by atomic mass is 10.0. The van der Waals surface area contributed by atoms with Crippen LogP contribution in [-0.4, -0.2) is 30.3 Å². The molecule has 0 aliphatic heterocycles. The summed E-state index contributed by atoms with van der Waals surface area (Å²) in [5, 5.41) is 26.9. The highest BCUT2D eigenvalue weighted by Gasteiger charge is 2.11. The van der Waals surface area contributed by atoms with Crippen LogP contribution in [0.3, 0.4) is 0 Å². The molecule has 0 radical (unpaired) electrons. The number of benzene rings is 2. The van der Waals surface area contributed by atoms with Crippen LogP contribution < -0.4 is 10.5 Å². The molecule has 0 amide bonds. The maximum atomic E-state index is 11.3. The molecule has 0 aliphatic carbocycles. The van der Waals surface area contributed by atoms with Gasteiger partial charge in [-0.05, 0) is 67.3 Å². The molecule has 0 aliphatic rings. The summed E-state index contributed by atoms with van der Waals surface area (Å²) in [4.78, 5) is 0.0975. The third-order valence-electron chi connectivity index (χ3n) is 4.35. The quantitative estimate of drug-likeness (QED) is 0.588. The zero-order chi connectivity index (χ0) is 20.3. The van der Waals surface area contributed by atoms with Crippen LogP contribution in [0.2, 0.25) is 0 Å². The molecule has 0 unspecified atom stereocenters. The molecule has 0 bridgehead atoms. The van der Waals surface area contributed by atoms with Crippen LogP contribution >= 0.6 is 0 Å². The van der Waals surface area contributed by atoms with Gasteiger partial charge in [-0.1, -0.05) is 18.2 Å². The van der Waals surface area contributed by atoms with Gasteiger partial charge in [-0.2, -0.15) is 0 Å². The van der Waals surface area contributed by atoms with E-state index in [9.17, 15) is 13.5 Å². The molecule has 3 aromatic rings. The van der Waals surface area contributed by atoms with Gasteiger partial charge in [0.05, 0.1) is 10.6 Å². The minimum absolute atomic E-state index is 0.0975. The topological polar surface area (TPSA) is 118 Å². The van der Waals surface area contributed by atoms with Crippen LogP contribution in [0.25, 0.3) is 11.3 Å². The fourth-order valence-corrected chi connectivity index (χ4v) is 3.53. The number of phenols is 1. The number of nitrogens with one attached hydrogen (secondary N) is 1. The van der Waals surface area contributed by atoms with Crippen molar-refractivity contribution in [3.05, 3.63) is 65.2 Å². The fourth-order valence-electron chi connectivity index (χ4n) is 3.02. The first kappa shape index (κ1) is 19.8. The second-order valence-corrected chi connectivity index (χ2v) is 8.21. The van der Waals surface area contributed by atoms with Gasteiger partial charge in [0.2, 0.25) is 10.0 Å². The average molecular weight is 398 g/mol. The van der Waals surface area contributed by atoms with E-state index in [-0.39, 0.29) is 10.6 Å². The van der Waals surface area contributed by atoms with Gasteiger partial charge < -0.3 is 10.4 Å². The number of aromatic hydroxyl groups is 1. The first-order valence-electron chi connectivity index (χ1n) is 8.74. The number of hydrogen-bond donors (Lipinski definition) is 3. The first-order valence-corrected chi connectivity index (χ1v) is 10.3. The Morgan fingerprint density at radius 2 is 1.75 bits per heavy atom. The molecule has 7 nitrogen and oxygen atoms in total. The SMILES string of the molecule is Cc1cc(C)c(-c2ccc(NCCc3ccc(S(N)(=O)=O)cc3)nn2)c(O)c1. The Morgan fingerprint density at radius 3 is 2.32 bits per heavy atom. The van der Waals surface area contributed by atoms with Gasteiger partial charge in [0.1, 0.15) is 11.6 Å². The molecular formula is C20H22N4O3S. The number of phenolic OH excluding ortho intramolecular Hbond substituents is 1. The number of nitrogens with zero attached hydrogens (tertiary/aromatic N) is 2. The molecule has 0 saturated carbocycles. The molecule has 4 N–H and O–H groups in total. The van der Waals surface area contributed by atoms with E-state index in [1.54, 1.807) is 18.2 Å². The van der Waals surface area contributed by atoms with E-state index in [1.165, 1.54) is 12.1 Å². The van der Waals surface area contributed by atoms with Crippen molar-refractivity contribution in [2.75, 3.05) is 11.9 Å². The van der Waals surface area contributed by atoms with Gasteiger partial charge in [0.25, 0.3) is 0 Å². The predicted molar refractivity (Wildman–Crippen MR) is 109 cm³/mol. The standard InChI is InChI=1S/C20H22N4O3S/c1-13-11-14(2)20(18(25)12-13)17-7-8-19(24-23-17)22-10-9-15-3-5-16(6-4-15)28(21,26)27/h3-8,11-12,25H,9-10H2,1-2H3,(H,22,24)(H2,21,26,27). The molecule has 0 spiro atoms. The van der Waals surface area contributed by atoms with Crippen LogP contribution in [0.5, 0.6) is 5.75 Å². The van der Waals surface area contributed by atoms with Gasteiger partial charge in [0, 0.05) is 12.1 Å². The lowest BCUT2D eigenvalue weighted by molar-refractivity contribution is 0.476. The zero-order valence-corrected chi connectivity index (χ0v) is 16.5. The summed E-state index contributed by atoms with van der Waals surface area (Å²) in [6.45, 7) is 4.46. The Labute approximate surface area is 164 Å². The molecule has 1 aromatic heterocycles. The number of aromatic nitrogens is 2. The molecule has 3 rings (SSSR count). The first-order chi connectivity index (χ1) is 13.2. The Morgan fingerprint density at radius 1 is 1.04 bits per heavy atom. The smallest absolute Gasteiger partial charge is 0.238 e. The van der Waals surface area contributed by atoms with E-state index in [0.29, 0.717) is 30.0 Å². The zero-order valence-electron chi connectivity index (χ0n) is 15.7. The highest BCUT2D eigenvalue weighted by Crippen LogP contribution is 2.32. The molecule has 0 saturated heterocycles. The van der Waals surface area contributed by atoms with Crippen LogP contribution in [0, 0.1) is 13.8 Å². The number of aryl methyl sites for hydroxylation is 2. The normalized spacial score (nSPS) is 11.4. The molecule has 0 fully saturated rings. The summed E-state index contributed by atoms with van der Waals surface area (Å²) in [5.41, 5.74) is 4.20. The van der Waals surface area contributed by atoms with Crippen molar-refractivity contribution in [2.24, 2.45) is 5.14 Å². The maximum absolute atomic E-state index is 11.3. The Kier molecular flexibility index (Phi) is 5.62. The van der Waals surface area contributed by atoms with Crippen LogP contribution in [0.15, 0.2) is 53.4 Å². The number of anilines is 1. The van der Waals surface area contributed by atoms with Gasteiger partial charge in [-0.3, -0.25) is 0 Å². The number of hydrogen-bond acceptors (Lipinski definition) is 6. The number of primary sulfonamides is 1. The summed E-state index contributed by atoms with van der Waals surface area (Å²) in [6.07, 6.45) is 0.687. The monoisotopic (exact) mass is 398 g/mol. The molecule has 0 atom stereocenters. The third kappa shape index (κ3) is 4.65. The van der Waals surface area contributed by atoms with E-state index in [1.807, 2.05) is 32.0 Å². The third-order valence-corrected chi connectivity index (χ3v) is 5.28. The fraction of sp³-hybridized carbons (Fsp3) is 0.200. The highest BCUT2D eigenvalue weighted by molar-refractivity contribution is 7.89. The van der Waals surface area contributed by atoms with Crippen LogP contribution in [-0.2, 0) is 16.4 Å². The van der Waals surface area contributed by atoms with Crippen molar-refractivity contribution in [3.63, 3.8) is 0 Å². The second-order valence-electron chi connectivity index (χ2n) is 6.65. The van der Waals surface area contributed by atoms with Crippen molar-refractivity contribution in [3.8, 4) is 17.0 Å². The van der Waals surface area contributed by atoms with Gasteiger partial charge in [-0.15, -0.1) is 10.2 Å². The average Bonchev–Trinajstić information content (AvgIpc) is 2.62. The Balaban J connectivity index is 1.62. The second kappa shape index (κ2) is 7.95. The van der Waals surface area contributed by atoms with Crippen LogP contribution in [0.1, 0.15) is 16.7 Å². The lowest BCUT2D eigenvalue weighted by Gasteiger charge is -2.10. The largest absolute Gasteiger partial charge is 0.507 e. The van der Waals surface area contributed by atoms with E-state index in [4.69, 9.17) is 5.14 Å². The predicted octanol–water partition coefficient (Wildman–Crippen LogP) is 2.77. The Bertz CT molecular complexity index is 1060. The molecule has 146 valence electrons. The summed E-state index contributed by atoms with van der Waals surface area (Å²) in [6, 6.07) is 13.8. The summed E-state index contributed by atoms with van der Waals surface area (Å²) >= 11 is 0. The van der Waals surface area contributed by atoms with E-state index in [2.05, 4.69) is 15.5 Å². The van der Waals surface area contributed by atoms with Crippen molar-refractivity contribution < 1.29 is 13.5 Å². The molecule has 2 aromatic carbocycles. The molecule has 1 heterocycles. The van der Waals surface area contributed by atoms with E-state index in [0.717, 1.165) is 16.7 Å². The summed E-state index contributed by atoms with van der Waals surface area (Å²) in [7, 11) is -3.67. The summed E-state index contributed by atoms with van der Waals surface area (Å²) in [5.74, 6) is 0.810. The van der Waals surface area contributed by atoms with Gasteiger partial charge in [-0.25, -0.2) is 13.6 Å². The molecular weight excluding hydrogens is 376 g/mol. The van der Waals surface area contributed by atoms with E-state index >= 15 is 0 Å². The minimum Gasteiger partial charge on any atom is -0.507 e. The lowest BCUT2D eigenvalue weighted by Crippen LogP contribution is -2.12. The Hall–Kier alpha value is -2.97. The van der Waals surface area contributed by atoms with Gasteiger partial charge in [0.15, 0.2) is 0 Å². The van der Waals surface area contributed by atoms with Crippen molar-refractivity contribution >= 4 is 15.8 Å². The van der Waals surface area contributed by atoms with Crippen molar-refractivity contribution in [1.29, 1.82) is 0 Å². The van der Waals surface area contributed by atoms with Crippen molar-refractivity contribution in [2.45, 2.75) is 25.2 Å². The minimum atomic E-state index is -3.67. The molecule has 8 heteroatoms. The summed E-state index contributed by atoms with van der Waals surface area (Å²) < 4.78 is 22.5. The van der Waals surface area contributed by atoms with Crippen molar-refractivity contribution in [1.82, 2.24) is 10.2 Å². The highest BCUT2D eigenvalue weighted by atomic mass is 32.2. The maximum Gasteiger partial charge on any atom is 0.238 e. The van der Waals surface area contributed by atoms with E-state index < -0.39 is 10.0 Å². The number of sulfonamides is 1. The number of rotatable bonds is 6. The van der Waals surface area contributed by atoms with Crippen LogP contribution in [0.4, 0.5) is 5.82 Å². The van der Waals surface area contributed by atoms with Gasteiger partial charge >= 0.3 is 0 Å². The molecule has 28 heavy (non-hydrogen) atoms. The number of nitrogens with two attached hydrogens (primary N) is 1.